The summed E-state index contributed by atoms with van der Waals surface area (Å²) in [5.41, 5.74) is 6.06. The van der Waals surface area contributed by atoms with Gasteiger partial charge in [0, 0.05) is 44.9 Å². The third-order valence-electron chi connectivity index (χ3n) is 3.68. The molecule has 1 aliphatic rings. The maximum Gasteiger partial charge on any atom is 0.0587 e. The molecule has 0 bridgehead atoms. The van der Waals surface area contributed by atoms with Gasteiger partial charge >= 0.3 is 0 Å². The zero-order valence-corrected chi connectivity index (χ0v) is 11.0. The van der Waals surface area contributed by atoms with E-state index < -0.39 is 0 Å². The van der Waals surface area contributed by atoms with Gasteiger partial charge in [0.05, 0.1) is 6.61 Å². The van der Waals surface area contributed by atoms with E-state index in [2.05, 4.69) is 24.1 Å². The molecule has 0 spiro atoms. The predicted octanol–water partition coefficient (Wildman–Crippen LogP) is 0.424. The minimum atomic E-state index is 0.143. The second kappa shape index (κ2) is 6.55. The number of rotatable bonds is 6. The van der Waals surface area contributed by atoms with Gasteiger partial charge in [0.1, 0.15) is 0 Å². The standard InChI is InChI=1S/C12H27N3O/c1-11(2)15-7-4-12(10-13,5-8-15)14-6-9-16-3/h11,14H,4-10,13H2,1-3H3. The number of hydrogen-bond acceptors (Lipinski definition) is 4. The molecule has 1 aliphatic heterocycles. The van der Waals surface area contributed by atoms with Crippen molar-refractivity contribution in [3.05, 3.63) is 0 Å². The molecule has 0 aromatic carbocycles. The molecule has 0 atom stereocenters. The van der Waals surface area contributed by atoms with Gasteiger partial charge in [-0.15, -0.1) is 0 Å². The fraction of sp³-hybridized carbons (Fsp3) is 1.00. The van der Waals surface area contributed by atoms with Crippen LogP contribution in [0, 0.1) is 0 Å². The molecule has 0 radical (unpaired) electrons. The van der Waals surface area contributed by atoms with Crippen LogP contribution < -0.4 is 11.1 Å². The number of likely N-dealkylation sites (tertiary alicyclic amines) is 1. The smallest absolute Gasteiger partial charge is 0.0587 e. The Hall–Kier alpha value is -0.160. The molecular formula is C12H27N3O. The molecule has 4 heteroatoms. The molecule has 1 fully saturated rings. The van der Waals surface area contributed by atoms with Crippen molar-refractivity contribution in [3.8, 4) is 0 Å². The second-order valence-electron chi connectivity index (χ2n) is 5.03. The van der Waals surface area contributed by atoms with E-state index in [-0.39, 0.29) is 5.54 Å². The van der Waals surface area contributed by atoms with Crippen LogP contribution in [0.5, 0.6) is 0 Å². The Morgan fingerprint density at radius 1 is 1.38 bits per heavy atom. The third kappa shape index (κ3) is 3.70. The molecule has 96 valence electrons. The van der Waals surface area contributed by atoms with Gasteiger partial charge < -0.3 is 20.7 Å². The highest BCUT2D eigenvalue weighted by atomic mass is 16.5. The Morgan fingerprint density at radius 3 is 2.44 bits per heavy atom. The van der Waals surface area contributed by atoms with Crippen molar-refractivity contribution < 1.29 is 4.74 Å². The van der Waals surface area contributed by atoms with Gasteiger partial charge in [-0.1, -0.05) is 0 Å². The monoisotopic (exact) mass is 229 g/mol. The van der Waals surface area contributed by atoms with Gasteiger partial charge in [-0.05, 0) is 26.7 Å². The van der Waals surface area contributed by atoms with Gasteiger partial charge in [-0.25, -0.2) is 0 Å². The van der Waals surface area contributed by atoms with Gasteiger partial charge in [-0.2, -0.15) is 0 Å². The summed E-state index contributed by atoms with van der Waals surface area (Å²) in [6.45, 7) is 9.19. The summed E-state index contributed by atoms with van der Waals surface area (Å²) in [4.78, 5) is 2.52. The molecule has 0 amide bonds. The average Bonchev–Trinajstić information content (AvgIpc) is 2.30. The van der Waals surface area contributed by atoms with Crippen molar-refractivity contribution in [3.63, 3.8) is 0 Å². The molecule has 0 aliphatic carbocycles. The summed E-state index contributed by atoms with van der Waals surface area (Å²) < 4.78 is 5.07. The SMILES string of the molecule is COCCNC1(CN)CCN(C(C)C)CC1. The summed E-state index contributed by atoms with van der Waals surface area (Å²) in [5.74, 6) is 0. The Morgan fingerprint density at radius 2 is 2.00 bits per heavy atom. The Kier molecular flexibility index (Phi) is 5.69. The number of hydrogen-bond donors (Lipinski definition) is 2. The number of nitrogens with two attached hydrogens (primary N) is 1. The highest BCUT2D eigenvalue weighted by molar-refractivity contribution is 4.94. The van der Waals surface area contributed by atoms with Crippen LogP contribution in [0.15, 0.2) is 0 Å². The van der Waals surface area contributed by atoms with Crippen LogP contribution in [-0.2, 0) is 4.74 Å². The highest BCUT2D eigenvalue weighted by Crippen LogP contribution is 2.22. The topological polar surface area (TPSA) is 50.5 Å². The lowest BCUT2D eigenvalue weighted by atomic mass is 9.87. The van der Waals surface area contributed by atoms with E-state index >= 15 is 0 Å². The maximum atomic E-state index is 5.92. The van der Waals surface area contributed by atoms with Crippen LogP contribution >= 0.6 is 0 Å². The van der Waals surface area contributed by atoms with E-state index in [0.29, 0.717) is 6.04 Å². The van der Waals surface area contributed by atoms with Gasteiger partial charge in [0.2, 0.25) is 0 Å². The molecule has 16 heavy (non-hydrogen) atoms. The molecule has 0 aromatic heterocycles. The molecule has 4 nitrogen and oxygen atoms in total. The van der Waals surface area contributed by atoms with Crippen LogP contribution in [0.4, 0.5) is 0 Å². The quantitative estimate of drug-likeness (QED) is 0.648. The zero-order chi connectivity index (χ0) is 12.0. The lowest BCUT2D eigenvalue weighted by molar-refractivity contribution is 0.105. The molecule has 1 heterocycles. The lowest BCUT2D eigenvalue weighted by Gasteiger charge is -2.43. The molecule has 0 saturated carbocycles. The largest absolute Gasteiger partial charge is 0.383 e. The van der Waals surface area contributed by atoms with Crippen LogP contribution in [-0.4, -0.2) is 56.4 Å². The number of methoxy groups -OCH3 is 1. The van der Waals surface area contributed by atoms with Crippen molar-refractivity contribution in [2.45, 2.75) is 38.3 Å². The number of nitrogens with one attached hydrogen (secondary N) is 1. The number of ether oxygens (including phenoxy) is 1. The first-order chi connectivity index (χ1) is 7.63. The molecule has 0 aromatic rings. The number of nitrogens with zero attached hydrogens (tertiary/aromatic N) is 1. The summed E-state index contributed by atoms with van der Waals surface area (Å²) in [7, 11) is 1.73. The van der Waals surface area contributed by atoms with Crippen LogP contribution in [0.25, 0.3) is 0 Å². The van der Waals surface area contributed by atoms with Gasteiger partial charge in [0.25, 0.3) is 0 Å². The van der Waals surface area contributed by atoms with Crippen molar-refractivity contribution >= 4 is 0 Å². The lowest BCUT2D eigenvalue weighted by Crippen LogP contribution is -2.59. The normalized spacial score (nSPS) is 21.6. The summed E-state index contributed by atoms with van der Waals surface area (Å²) in [5, 5.41) is 3.57. The minimum Gasteiger partial charge on any atom is -0.383 e. The van der Waals surface area contributed by atoms with Gasteiger partial charge in [0.15, 0.2) is 0 Å². The molecule has 3 N–H and O–H groups in total. The van der Waals surface area contributed by atoms with E-state index in [1.807, 2.05) is 0 Å². The second-order valence-corrected chi connectivity index (χ2v) is 5.03. The Labute approximate surface area is 99.5 Å². The summed E-state index contributed by atoms with van der Waals surface area (Å²) in [6.07, 6.45) is 2.29. The van der Waals surface area contributed by atoms with Crippen molar-refractivity contribution in [2.75, 3.05) is 39.9 Å². The maximum absolute atomic E-state index is 5.92. The first-order valence-corrected chi connectivity index (χ1v) is 6.31. The third-order valence-corrected chi connectivity index (χ3v) is 3.68. The Balaban J connectivity index is 2.38. The van der Waals surface area contributed by atoms with Crippen LogP contribution in [0.3, 0.4) is 0 Å². The minimum absolute atomic E-state index is 0.143. The molecule has 1 rings (SSSR count). The van der Waals surface area contributed by atoms with Crippen LogP contribution in [0.1, 0.15) is 26.7 Å². The van der Waals surface area contributed by atoms with Crippen molar-refractivity contribution in [1.82, 2.24) is 10.2 Å². The summed E-state index contributed by atoms with van der Waals surface area (Å²) >= 11 is 0. The molecule has 0 unspecified atom stereocenters. The van der Waals surface area contributed by atoms with Crippen molar-refractivity contribution in [1.29, 1.82) is 0 Å². The van der Waals surface area contributed by atoms with E-state index in [0.717, 1.165) is 45.6 Å². The fourth-order valence-electron chi connectivity index (χ4n) is 2.34. The van der Waals surface area contributed by atoms with E-state index in [1.54, 1.807) is 7.11 Å². The van der Waals surface area contributed by atoms with E-state index in [4.69, 9.17) is 10.5 Å². The average molecular weight is 229 g/mol. The van der Waals surface area contributed by atoms with E-state index in [1.165, 1.54) is 0 Å². The highest BCUT2D eigenvalue weighted by Gasteiger charge is 2.33. The fourth-order valence-corrected chi connectivity index (χ4v) is 2.34. The van der Waals surface area contributed by atoms with Crippen LogP contribution in [0.2, 0.25) is 0 Å². The zero-order valence-electron chi connectivity index (χ0n) is 11.0. The van der Waals surface area contributed by atoms with Crippen molar-refractivity contribution in [2.24, 2.45) is 5.73 Å². The van der Waals surface area contributed by atoms with E-state index in [9.17, 15) is 0 Å². The molecule has 1 saturated heterocycles. The molecular weight excluding hydrogens is 202 g/mol. The first-order valence-electron chi connectivity index (χ1n) is 6.31. The van der Waals surface area contributed by atoms with Gasteiger partial charge in [-0.3, -0.25) is 0 Å². The Bertz CT molecular complexity index is 189. The summed E-state index contributed by atoms with van der Waals surface area (Å²) in [6, 6.07) is 0.648. The first kappa shape index (κ1) is 13.9. The predicted molar refractivity (Wildman–Crippen MR) is 67.6 cm³/mol. The number of piperidine rings is 1.